The first kappa shape index (κ1) is 32.5. The van der Waals surface area contributed by atoms with Gasteiger partial charge < -0.3 is 23.4 Å². The molecule has 2 aromatic carbocycles. The molecule has 1 fully saturated rings. The van der Waals surface area contributed by atoms with Crippen molar-refractivity contribution in [1.29, 1.82) is 0 Å². The van der Waals surface area contributed by atoms with E-state index >= 15 is 0 Å². The van der Waals surface area contributed by atoms with E-state index in [1.165, 1.54) is 18.2 Å². The van der Waals surface area contributed by atoms with Gasteiger partial charge in [0.15, 0.2) is 14.1 Å². The van der Waals surface area contributed by atoms with Gasteiger partial charge in [-0.15, -0.1) is 0 Å². The molecule has 1 saturated heterocycles. The average molecular weight is 581 g/mol. The second-order valence-corrected chi connectivity index (χ2v) is 16.8. The van der Waals surface area contributed by atoms with Gasteiger partial charge in [0.25, 0.3) is 0 Å². The molecule has 3 rings (SSSR count). The summed E-state index contributed by atoms with van der Waals surface area (Å²) in [5.41, 5.74) is 1.78. The summed E-state index contributed by atoms with van der Waals surface area (Å²) in [7, 11) is -2.30. The number of hydrogen-bond acceptors (Lipinski definition) is 7. The minimum absolute atomic E-state index is 0.0670. The highest BCUT2D eigenvalue weighted by Gasteiger charge is 2.52. The van der Waals surface area contributed by atoms with E-state index in [4.69, 9.17) is 23.4 Å². The monoisotopic (exact) mass is 580 g/mol. The van der Waals surface area contributed by atoms with Crippen LogP contribution in [0.5, 0.6) is 0 Å². The maximum Gasteiger partial charge on any atom is 0.331 e. The Morgan fingerprint density at radius 3 is 2.10 bits per heavy atom. The molecule has 0 aliphatic carbocycles. The number of ether oxygens (including phenoxy) is 4. The fourth-order valence-corrected chi connectivity index (χ4v) is 5.51. The number of carbonyl (C=O) groups is 2. The van der Waals surface area contributed by atoms with Gasteiger partial charge in [-0.1, -0.05) is 81.4 Å². The minimum Gasteiger partial charge on any atom is -0.463 e. The lowest BCUT2D eigenvalue weighted by Gasteiger charge is -2.41. The van der Waals surface area contributed by atoms with E-state index in [-0.39, 0.29) is 11.6 Å². The second kappa shape index (κ2) is 13.7. The lowest BCUT2D eigenvalue weighted by molar-refractivity contribution is -0.165. The summed E-state index contributed by atoms with van der Waals surface area (Å²) in [5, 5.41) is -0.0670. The number of hydrogen-bond donors (Lipinski definition) is 0. The van der Waals surface area contributed by atoms with Crippen LogP contribution in [0.2, 0.25) is 18.1 Å². The minimum atomic E-state index is -2.30. The van der Waals surface area contributed by atoms with Gasteiger partial charge >= 0.3 is 11.9 Å². The molecule has 0 unspecified atom stereocenters. The van der Waals surface area contributed by atoms with Crippen molar-refractivity contribution in [3.05, 3.63) is 90.0 Å². The van der Waals surface area contributed by atoms with Crippen LogP contribution in [0.4, 0.5) is 0 Å². The molecular weight excluding hydrogens is 536 g/mol. The summed E-state index contributed by atoms with van der Waals surface area (Å²) in [6, 6.07) is 19.3. The van der Waals surface area contributed by atoms with Crippen molar-refractivity contribution in [3.8, 4) is 0 Å². The first-order valence-electron chi connectivity index (χ1n) is 14.1. The summed E-state index contributed by atoms with van der Waals surface area (Å²) in [6.45, 7) is 16.5. The van der Waals surface area contributed by atoms with Gasteiger partial charge in [-0.25, -0.2) is 9.59 Å². The third kappa shape index (κ3) is 9.23. The van der Waals surface area contributed by atoms with Crippen LogP contribution in [-0.4, -0.2) is 51.0 Å². The molecule has 0 saturated carbocycles. The number of rotatable bonds is 11. The molecule has 1 heterocycles. The third-order valence-corrected chi connectivity index (χ3v) is 11.8. The fourth-order valence-electron chi connectivity index (χ4n) is 4.25. The SMILES string of the molecule is CCOC(=O)/C=C\[C@H](OC(=O)/C=C/c1ccccc1)[C@H]1OC(C)(C)O[C@@H]1[C@H](O[Si](C)(C)C(C)(C)C)c1ccccc1. The van der Waals surface area contributed by atoms with Gasteiger partial charge in [-0.05, 0) is 62.2 Å². The van der Waals surface area contributed by atoms with Crippen LogP contribution < -0.4 is 0 Å². The summed E-state index contributed by atoms with van der Waals surface area (Å²) in [5.74, 6) is -2.12. The summed E-state index contributed by atoms with van der Waals surface area (Å²) in [4.78, 5) is 25.3. The zero-order valence-corrected chi connectivity index (χ0v) is 26.5. The molecule has 4 atom stereocenters. The lowest BCUT2D eigenvalue weighted by Crippen LogP contribution is -2.47. The van der Waals surface area contributed by atoms with Gasteiger partial charge in [0.2, 0.25) is 0 Å². The van der Waals surface area contributed by atoms with Crippen LogP contribution in [0.15, 0.2) is 78.9 Å². The zero-order chi connectivity index (χ0) is 30.3. The Bertz CT molecular complexity index is 1200. The highest BCUT2D eigenvalue weighted by Crippen LogP contribution is 2.45. The van der Waals surface area contributed by atoms with Gasteiger partial charge in [-0.2, -0.15) is 0 Å². The Hall–Kier alpha value is -3.04. The average Bonchev–Trinajstić information content (AvgIpc) is 3.24. The first-order chi connectivity index (χ1) is 19.2. The molecule has 0 aromatic heterocycles. The Labute approximate surface area is 245 Å². The molecule has 41 heavy (non-hydrogen) atoms. The summed E-state index contributed by atoms with van der Waals surface area (Å²) >= 11 is 0. The maximum atomic E-state index is 13.0. The Balaban J connectivity index is 2.01. The number of carbonyl (C=O) groups excluding carboxylic acids is 2. The van der Waals surface area contributed by atoms with Gasteiger partial charge in [-0.3, -0.25) is 0 Å². The molecule has 0 bridgehead atoms. The van der Waals surface area contributed by atoms with Crippen LogP contribution in [0.1, 0.15) is 58.8 Å². The molecule has 0 spiro atoms. The van der Waals surface area contributed by atoms with E-state index in [0.717, 1.165) is 11.1 Å². The Kier molecular flexibility index (Phi) is 10.9. The Morgan fingerprint density at radius 2 is 1.51 bits per heavy atom. The van der Waals surface area contributed by atoms with Crippen LogP contribution in [-0.2, 0) is 33.0 Å². The van der Waals surface area contributed by atoms with Crippen LogP contribution in [0.25, 0.3) is 6.08 Å². The number of esters is 2. The zero-order valence-electron chi connectivity index (χ0n) is 25.5. The molecule has 1 aliphatic rings. The van der Waals surface area contributed by atoms with Crippen molar-refractivity contribution in [2.24, 2.45) is 0 Å². The van der Waals surface area contributed by atoms with Crippen LogP contribution in [0.3, 0.4) is 0 Å². The van der Waals surface area contributed by atoms with Crippen molar-refractivity contribution in [2.75, 3.05) is 6.61 Å². The second-order valence-electron chi connectivity index (χ2n) is 12.0. The molecule has 7 nitrogen and oxygen atoms in total. The van der Waals surface area contributed by atoms with Gasteiger partial charge in [0.05, 0.1) is 12.7 Å². The van der Waals surface area contributed by atoms with E-state index < -0.39 is 50.5 Å². The van der Waals surface area contributed by atoms with Crippen molar-refractivity contribution in [2.45, 2.75) is 89.9 Å². The van der Waals surface area contributed by atoms with Crippen molar-refractivity contribution < 1.29 is 33.0 Å². The quantitative estimate of drug-likeness (QED) is 0.161. The highest BCUT2D eigenvalue weighted by molar-refractivity contribution is 6.74. The predicted molar refractivity (Wildman–Crippen MR) is 162 cm³/mol. The van der Waals surface area contributed by atoms with Crippen molar-refractivity contribution >= 4 is 26.3 Å². The Morgan fingerprint density at radius 1 is 0.927 bits per heavy atom. The van der Waals surface area contributed by atoms with Crippen molar-refractivity contribution in [1.82, 2.24) is 0 Å². The predicted octanol–water partition coefficient (Wildman–Crippen LogP) is 7.01. The summed E-state index contributed by atoms with van der Waals surface area (Å²) < 4.78 is 30.9. The van der Waals surface area contributed by atoms with Crippen LogP contribution in [0, 0.1) is 0 Å². The molecule has 0 N–H and O–H groups in total. The molecule has 1 aliphatic heterocycles. The topological polar surface area (TPSA) is 80.3 Å². The number of benzene rings is 2. The smallest absolute Gasteiger partial charge is 0.331 e. The van der Waals surface area contributed by atoms with E-state index in [9.17, 15) is 9.59 Å². The highest BCUT2D eigenvalue weighted by atomic mass is 28.4. The normalized spacial score (nSPS) is 20.7. The summed E-state index contributed by atoms with van der Waals surface area (Å²) in [6.07, 6.45) is 2.90. The van der Waals surface area contributed by atoms with Crippen molar-refractivity contribution in [3.63, 3.8) is 0 Å². The van der Waals surface area contributed by atoms with Gasteiger partial charge in [0.1, 0.15) is 18.3 Å². The van der Waals surface area contributed by atoms with Crippen LogP contribution >= 0.6 is 0 Å². The molecule has 0 amide bonds. The standard InChI is InChI=1S/C33H44O7Si/c1-9-36-27(34)23-21-26(37-28(35)22-20-24-16-12-10-13-17-24)30-31(39-33(5,6)38-30)29(25-18-14-11-15-19-25)40-41(7,8)32(2,3)4/h10-23,26,29-31H,9H2,1-8H3/b22-20+,23-21-/t26-,29+,30+,31+/m0/s1. The molecular formula is C33H44O7Si. The largest absolute Gasteiger partial charge is 0.463 e. The molecule has 222 valence electrons. The molecule has 2 aromatic rings. The van der Waals surface area contributed by atoms with E-state index in [2.05, 4.69) is 33.9 Å². The maximum absolute atomic E-state index is 13.0. The van der Waals surface area contributed by atoms with E-state index in [0.29, 0.717) is 0 Å². The first-order valence-corrected chi connectivity index (χ1v) is 17.0. The third-order valence-electron chi connectivity index (χ3n) is 7.31. The van der Waals surface area contributed by atoms with Gasteiger partial charge in [0, 0.05) is 12.2 Å². The van der Waals surface area contributed by atoms with E-state index in [1.54, 1.807) is 13.0 Å². The van der Waals surface area contributed by atoms with E-state index in [1.807, 2.05) is 74.5 Å². The molecule has 8 heteroatoms. The fraction of sp³-hybridized carbons (Fsp3) is 0.455. The molecule has 0 radical (unpaired) electrons. The lowest BCUT2D eigenvalue weighted by atomic mass is 9.97.